The summed E-state index contributed by atoms with van der Waals surface area (Å²) in [6.45, 7) is 8.76. The molecule has 6 nitrogen and oxygen atoms in total. The van der Waals surface area contributed by atoms with Crippen LogP contribution in [0.2, 0.25) is 0 Å². The van der Waals surface area contributed by atoms with Crippen LogP contribution in [0.3, 0.4) is 0 Å². The molecule has 2 heterocycles. The lowest BCUT2D eigenvalue weighted by atomic mass is 10.2. The minimum atomic E-state index is 0.340. The lowest BCUT2D eigenvalue weighted by Crippen LogP contribution is -2.04. The van der Waals surface area contributed by atoms with E-state index < -0.39 is 0 Å². The Bertz CT molecular complexity index is 805. The third-order valence-corrected chi connectivity index (χ3v) is 4.08. The monoisotopic (exact) mass is 328 g/mol. The number of nitrogens with zero attached hydrogens (tertiary/aromatic N) is 5. The molecule has 0 spiro atoms. The lowest BCUT2D eigenvalue weighted by Gasteiger charge is -2.07. The molecule has 0 saturated heterocycles. The second kappa shape index (κ2) is 6.45. The Labute approximate surface area is 139 Å². The fourth-order valence-electron chi connectivity index (χ4n) is 2.28. The normalized spacial score (nSPS) is 11.2. The Hall–Kier alpha value is -2.28. The minimum Gasteiger partial charge on any atom is -0.330 e. The third kappa shape index (κ3) is 3.73. The molecule has 0 fully saturated rings. The Morgan fingerprint density at radius 3 is 2.70 bits per heavy atom. The molecule has 0 aliphatic carbocycles. The summed E-state index contributed by atoms with van der Waals surface area (Å²) in [7, 11) is 0. The van der Waals surface area contributed by atoms with Gasteiger partial charge in [0.25, 0.3) is 0 Å². The van der Waals surface area contributed by atoms with Crippen molar-refractivity contribution in [3.8, 4) is 0 Å². The molecule has 0 aliphatic heterocycles. The first-order valence-electron chi connectivity index (χ1n) is 7.59. The summed E-state index contributed by atoms with van der Waals surface area (Å²) < 4.78 is 6.28. The Morgan fingerprint density at radius 1 is 1.22 bits per heavy atom. The average molecular weight is 328 g/mol. The van der Waals surface area contributed by atoms with Crippen molar-refractivity contribution in [2.75, 3.05) is 5.32 Å². The predicted octanol–water partition coefficient (Wildman–Crippen LogP) is 3.66. The SMILES string of the molecule is Cc1nc(C)n(Cc2cccc(Nc3nc(C(C)C)ns3)c2)n1. The summed E-state index contributed by atoms with van der Waals surface area (Å²) in [4.78, 5) is 8.84. The highest BCUT2D eigenvalue weighted by atomic mass is 32.1. The van der Waals surface area contributed by atoms with E-state index in [2.05, 4.69) is 50.7 Å². The fourth-order valence-corrected chi connectivity index (χ4v) is 3.00. The molecule has 2 aromatic heterocycles. The zero-order chi connectivity index (χ0) is 16.4. The molecule has 3 rings (SSSR count). The molecule has 0 aliphatic rings. The number of hydrogen-bond donors (Lipinski definition) is 1. The van der Waals surface area contributed by atoms with Gasteiger partial charge in [0.2, 0.25) is 5.13 Å². The summed E-state index contributed by atoms with van der Waals surface area (Å²) in [5.74, 6) is 2.94. The minimum absolute atomic E-state index is 0.340. The predicted molar refractivity (Wildman–Crippen MR) is 92.3 cm³/mol. The lowest BCUT2D eigenvalue weighted by molar-refractivity contribution is 0.656. The van der Waals surface area contributed by atoms with E-state index >= 15 is 0 Å². The van der Waals surface area contributed by atoms with Crippen LogP contribution in [-0.2, 0) is 6.54 Å². The Balaban J connectivity index is 1.75. The fraction of sp³-hybridized carbons (Fsp3) is 0.375. The summed E-state index contributed by atoms with van der Waals surface area (Å²) >= 11 is 1.39. The Kier molecular flexibility index (Phi) is 4.38. The van der Waals surface area contributed by atoms with Crippen LogP contribution in [0.25, 0.3) is 0 Å². The van der Waals surface area contributed by atoms with E-state index in [9.17, 15) is 0 Å². The van der Waals surface area contributed by atoms with E-state index in [1.807, 2.05) is 30.7 Å². The van der Waals surface area contributed by atoms with Gasteiger partial charge in [-0.05, 0) is 31.5 Å². The van der Waals surface area contributed by atoms with E-state index in [0.717, 1.165) is 33.9 Å². The molecule has 0 radical (unpaired) electrons. The van der Waals surface area contributed by atoms with Gasteiger partial charge in [-0.1, -0.05) is 26.0 Å². The van der Waals surface area contributed by atoms with Crippen LogP contribution in [0.4, 0.5) is 10.8 Å². The van der Waals surface area contributed by atoms with Gasteiger partial charge in [-0.3, -0.25) is 0 Å². The standard InChI is InChI=1S/C16H20N6S/c1-10(2)15-19-16(23-21-15)18-14-7-5-6-13(8-14)9-22-12(4)17-11(3)20-22/h5-8,10H,9H2,1-4H3,(H,18,19,21). The van der Waals surface area contributed by atoms with Crippen LogP contribution in [0.5, 0.6) is 0 Å². The van der Waals surface area contributed by atoms with E-state index in [0.29, 0.717) is 12.5 Å². The van der Waals surface area contributed by atoms with Gasteiger partial charge in [0.05, 0.1) is 6.54 Å². The van der Waals surface area contributed by atoms with Crippen LogP contribution in [0.1, 0.15) is 42.8 Å². The first kappa shape index (κ1) is 15.6. The molecule has 0 bridgehead atoms. The van der Waals surface area contributed by atoms with Gasteiger partial charge >= 0.3 is 0 Å². The van der Waals surface area contributed by atoms with Crippen LogP contribution >= 0.6 is 11.5 Å². The molecule has 0 atom stereocenters. The molecule has 1 aromatic carbocycles. The molecule has 0 unspecified atom stereocenters. The van der Waals surface area contributed by atoms with Crippen LogP contribution in [-0.4, -0.2) is 24.1 Å². The van der Waals surface area contributed by atoms with E-state index in [1.54, 1.807) is 0 Å². The summed E-state index contributed by atoms with van der Waals surface area (Å²) in [6, 6.07) is 8.24. The van der Waals surface area contributed by atoms with Crippen molar-refractivity contribution < 1.29 is 0 Å². The van der Waals surface area contributed by atoms with Gasteiger partial charge in [0.1, 0.15) is 17.5 Å². The summed E-state index contributed by atoms with van der Waals surface area (Å²) in [5.41, 5.74) is 2.17. The van der Waals surface area contributed by atoms with Crippen molar-refractivity contribution in [1.82, 2.24) is 24.1 Å². The van der Waals surface area contributed by atoms with Crippen molar-refractivity contribution >= 4 is 22.4 Å². The first-order chi connectivity index (χ1) is 11.0. The van der Waals surface area contributed by atoms with Crippen LogP contribution in [0, 0.1) is 13.8 Å². The topological polar surface area (TPSA) is 68.5 Å². The molecule has 7 heteroatoms. The highest BCUT2D eigenvalue weighted by molar-refractivity contribution is 7.09. The Morgan fingerprint density at radius 2 is 2.04 bits per heavy atom. The van der Waals surface area contributed by atoms with Crippen molar-refractivity contribution in [2.24, 2.45) is 0 Å². The quantitative estimate of drug-likeness (QED) is 0.774. The van der Waals surface area contributed by atoms with Crippen molar-refractivity contribution in [3.63, 3.8) is 0 Å². The van der Waals surface area contributed by atoms with Gasteiger partial charge in [-0.2, -0.15) is 9.47 Å². The maximum atomic E-state index is 4.50. The average Bonchev–Trinajstić information content (AvgIpc) is 3.07. The highest BCUT2D eigenvalue weighted by Gasteiger charge is 2.08. The van der Waals surface area contributed by atoms with Gasteiger partial charge in [0.15, 0.2) is 0 Å². The largest absolute Gasteiger partial charge is 0.330 e. The maximum absolute atomic E-state index is 4.50. The third-order valence-electron chi connectivity index (χ3n) is 3.43. The number of rotatable bonds is 5. The molecular weight excluding hydrogens is 308 g/mol. The van der Waals surface area contributed by atoms with Crippen molar-refractivity contribution in [2.45, 2.75) is 40.2 Å². The molecule has 0 saturated carbocycles. The number of nitrogens with one attached hydrogen (secondary N) is 1. The molecule has 3 aromatic rings. The van der Waals surface area contributed by atoms with E-state index in [1.165, 1.54) is 11.5 Å². The van der Waals surface area contributed by atoms with Gasteiger partial charge < -0.3 is 5.32 Å². The number of benzene rings is 1. The smallest absolute Gasteiger partial charge is 0.207 e. The van der Waals surface area contributed by atoms with E-state index in [4.69, 9.17) is 0 Å². The highest BCUT2D eigenvalue weighted by Crippen LogP contribution is 2.22. The van der Waals surface area contributed by atoms with Crippen molar-refractivity contribution in [3.05, 3.63) is 47.3 Å². The maximum Gasteiger partial charge on any atom is 0.207 e. The van der Waals surface area contributed by atoms with E-state index in [-0.39, 0.29) is 0 Å². The summed E-state index contributed by atoms with van der Waals surface area (Å²) in [5, 5.41) is 8.55. The number of aromatic nitrogens is 5. The molecule has 0 amide bonds. The number of aryl methyl sites for hydroxylation is 2. The summed E-state index contributed by atoms with van der Waals surface area (Å²) in [6.07, 6.45) is 0. The second-order valence-corrected chi connectivity index (χ2v) is 6.55. The molecule has 23 heavy (non-hydrogen) atoms. The molecule has 120 valence electrons. The molecule has 1 N–H and O–H groups in total. The van der Waals surface area contributed by atoms with Crippen molar-refractivity contribution in [1.29, 1.82) is 0 Å². The van der Waals surface area contributed by atoms with Gasteiger partial charge in [-0.25, -0.2) is 14.6 Å². The zero-order valence-corrected chi connectivity index (χ0v) is 14.6. The molecular formula is C16H20N6S. The van der Waals surface area contributed by atoms with Gasteiger partial charge in [0, 0.05) is 23.1 Å². The van der Waals surface area contributed by atoms with Crippen LogP contribution < -0.4 is 5.32 Å². The van der Waals surface area contributed by atoms with Crippen LogP contribution in [0.15, 0.2) is 24.3 Å². The number of hydrogen-bond acceptors (Lipinski definition) is 6. The number of anilines is 2. The zero-order valence-electron chi connectivity index (χ0n) is 13.7. The first-order valence-corrected chi connectivity index (χ1v) is 8.36. The second-order valence-electron chi connectivity index (χ2n) is 5.80. The van der Waals surface area contributed by atoms with Gasteiger partial charge in [-0.15, -0.1) is 0 Å².